The molecule has 0 aliphatic carbocycles. The summed E-state index contributed by atoms with van der Waals surface area (Å²) >= 11 is 1.88. The Hall–Kier alpha value is -1.35. The highest BCUT2D eigenvalue weighted by Gasteiger charge is 2.19. The van der Waals surface area contributed by atoms with Gasteiger partial charge in [-0.3, -0.25) is 0 Å². The molecule has 0 amide bonds. The molecule has 3 heteroatoms. The molecule has 1 fully saturated rings. The maximum Gasteiger partial charge on any atom is 0.0688 e. The number of thioether (sulfide) groups is 1. The van der Waals surface area contributed by atoms with Gasteiger partial charge in [0, 0.05) is 25.8 Å². The van der Waals surface area contributed by atoms with Gasteiger partial charge in [0.2, 0.25) is 0 Å². The molecule has 0 aromatic heterocycles. The van der Waals surface area contributed by atoms with Crippen molar-refractivity contribution in [3.05, 3.63) is 47.0 Å². The summed E-state index contributed by atoms with van der Waals surface area (Å²) in [4.78, 5) is 4.92. The monoisotopic (exact) mass is 300 g/mol. The van der Waals surface area contributed by atoms with E-state index >= 15 is 0 Å². The summed E-state index contributed by atoms with van der Waals surface area (Å²) in [5, 5.41) is 1.43. The molecular weight excluding hydrogens is 276 g/mol. The fourth-order valence-electron chi connectivity index (χ4n) is 3.17. The van der Waals surface area contributed by atoms with E-state index in [-0.39, 0.29) is 0 Å². The molecule has 2 nitrogen and oxygen atoms in total. The van der Waals surface area contributed by atoms with Crippen LogP contribution in [0.2, 0.25) is 0 Å². The van der Waals surface area contributed by atoms with Crippen LogP contribution in [0.5, 0.6) is 0 Å². The van der Waals surface area contributed by atoms with Gasteiger partial charge >= 0.3 is 0 Å². The van der Waals surface area contributed by atoms with Crippen LogP contribution in [-0.2, 0) is 0 Å². The topological polar surface area (TPSA) is 6.48 Å². The number of fused-ring (bicyclic) bond motifs is 1. The van der Waals surface area contributed by atoms with Crippen LogP contribution in [0, 0.1) is 0 Å². The minimum absolute atomic E-state index is 0.351. The molecule has 21 heavy (non-hydrogen) atoms. The van der Waals surface area contributed by atoms with Gasteiger partial charge in [-0.25, -0.2) is 0 Å². The first-order valence-corrected chi connectivity index (χ1v) is 9.03. The van der Waals surface area contributed by atoms with Crippen LogP contribution < -0.4 is 4.90 Å². The molecule has 1 saturated heterocycles. The first-order chi connectivity index (χ1) is 10.3. The maximum absolute atomic E-state index is 2.55. The van der Waals surface area contributed by atoms with Crippen LogP contribution in [-0.4, -0.2) is 37.3 Å². The summed E-state index contributed by atoms with van der Waals surface area (Å²) < 4.78 is 0. The Bertz CT molecular complexity index is 544. The Labute approximate surface area is 132 Å². The first kappa shape index (κ1) is 14.6. The quantitative estimate of drug-likeness (QED) is 0.825. The lowest BCUT2D eigenvalue weighted by Gasteiger charge is -2.34. The van der Waals surface area contributed by atoms with Gasteiger partial charge in [0.05, 0.1) is 11.1 Å². The third kappa shape index (κ3) is 3.13. The number of hydrogen-bond donors (Lipinski definition) is 0. The van der Waals surface area contributed by atoms with Crippen molar-refractivity contribution in [2.75, 3.05) is 31.3 Å². The predicted octanol–water partition coefficient (Wildman–Crippen LogP) is 4.21. The van der Waals surface area contributed by atoms with E-state index in [9.17, 15) is 0 Å². The Morgan fingerprint density at radius 1 is 1.19 bits per heavy atom. The molecule has 1 unspecified atom stereocenters. The zero-order chi connectivity index (χ0) is 14.7. The molecule has 2 aliphatic heterocycles. The molecule has 2 heterocycles. The van der Waals surface area contributed by atoms with Crippen molar-refractivity contribution in [1.82, 2.24) is 4.90 Å². The molecule has 0 radical (unpaired) electrons. The number of anilines is 1. The van der Waals surface area contributed by atoms with Gasteiger partial charge in [0.25, 0.3) is 0 Å². The van der Waals surface area contributed by atoms with Gasteiger partial charge in [0.1, 0.15) is 0 Å². The van der Waals surface area contributed by atoms with Crippen LogP contribution in [0.15, 0.2) is 41.4 Å². The lowest BCUT2D eigenvalue weighted by atomic mass is 10.0. The van der Waals surface area contributed by atoms with Gasteiger partial charge in [0.15, 0.2) is 0 Å². The van der Waals surface area contributed by atoms with E-state index in [1.807, 2.05) is 11.8 Å². The second-order valence-corrected chi connectivity index (χ2v) is 6.60. The van der Waals surface area contributed by atoms with Gasteiger partial charge < -0.3 is 9.80 Å². The Morgan fingerprint density at radius 2 is 1.95 bits per heavy atom. The lowest BCUT2D eigenvalue weighted by Crippen LogP contribution is -2.33. The van der Waals surface area contributed by atoms with E-state index in [1.165, 1.54) is 48.6 Å². The van der Waals surface area contributed by atoms with Gasteiger partial charge in [-0.05, 0) is 43.2 Å². The minimum atomic E-state index is 0.351. The van der Waals surface area contributed by atoms with Crippen molar-refractivity contribution >= 4 is 23.5 Å². The highest BCUT2D eigenvalue weighted by molar-refractivity contribution is 8.02. The Morgan fingerprint density at radius 3 is 2.71 bits per heavy atom. The molecule has 1 atom stereocenters. The number of hydrogen-bond acceptors (Lipinski definition) is 3. The molecule has 1 aromatic rings. The Kier molecular flexibility index (Phi) is 4.59. The molecule has 1 aromatic carbocycles. The smallest absolute Gasteiger partial charge is 0.0688 e. The number of piperidine rings is 1. The van der Waals surface area contributed by atoms with Crippen LogP contribution in [0.3, 0.4) is 0 Å². The highest BCUT2D eigenvalue weighted by Crippen LogP contribution is 2.30. The van der Waals surface area contributed by atoms with E-state index in [4.69, 9.17) is 0 Å². The largest absolute Gasteiger partial charge is 0.367 e. The zero-order valence-corrected chi connectivity index (χ0v) is 13.8. The number of likely N-dealkylation sites (tertiary alicyclic amines) is 1. The van der Waals surface area contributed by atoms with Gasteiger partial charge in [-0.15, -0.1) is 11.8 Å². The van der Waals surface area contributed by atoms with E-state index in [2.05, 4.69) is 65.6 Å². The van der Waals surface area contributed by atoms with E-state index in [0.717, 1.165) is 0 Å². The average molecular weight is 300 g/mol. The molecule has 3 rings (SSSR count). The van der Waals surface area contributed by atoms with Crippen molar-refractivity contribution in [3.63, 3.8) is 0 Å². The van der Waals surface area contributed by atoms with Crippen molar-refractivity contribution < 1.29 is 0 Å². The van der Waals surface area contributed by atoms with E-state index in [1.54, 1.807) is 0 Å². The average Bonchev–Trinajstić information content (AvgIpc) is 2.55. The maximum atomic E-state index is 2.55. The Balaban J connectivity index is 1.82. The van der Waals surface area contributed by atoms with Gasteiger partial charge in [-0.1, -0.05) is 30.4 Å². The molecule has 0 saturated carbocycles. The third-order valence-corrected chi connectivity index (χ3v) is 5.24. The fraction of sp³-hybridized carbons (Fsp3) is 0.444. The molecule has 0 spiro atoms. The van der Waals surface area contributed by atoms with Gasteiger partial charge in [-0.2, -0.15) is 0 Å². The second kappa shape index (κ2) is 6.61. The standard InChI is InChI=1S/C18H24N2S/c1-19-16(11-10-15-8-4-5-9-17(15)19)14-18(21-2)20-12-6-3-7-13-20/h4-5,8-11,14,16H,3,6-7,12-13H2,1-2H3/b18-14-. The summed E-state index contributed by atoms with van der Waals surface area (Å²) in [6, 6.07) is 8.97. The number of likely N-dealkylation sites (N-methyl/N-ethyl adjacent to an activating group) is 1. The molecular formula is C18H24N2S. The van der Waals surface area contributed by atoms with E-state index in [0.29, 0.717) is 6.04 Å². The summed E-state index contributed by atoms with van der Waals surface area (Å²) in [6.45, 7) is 2.42. The number of para-hydroxylation sites is 1. The summed E-state index contributed by atoms with van der Waals surface area (Å²) in [6.07, 6.45) is 13.2. The second-order valence-electron chi connectivity index (χ2n) is 5.78. The van der Waals surface area contributed by atoms with Crippen molar-refractivity contribution in [2.24, 2.45) is 0 Å². The predicted molar refractivity (Wildman–Crippen MR) is 94.7 cm³/mol. The first-order valence-electron chi connectivity index (χ1n) is 7.80. The molecule has 0 N–H and O–H groups in total. The number of benzene rings is 1. The minimum Gasteiger partial charge on any atom is -0.367 e. The lowest BCUT2D eigenvalue weighted by molar-refractivity contribution is 0.302. The summed E-state index contributed by atoms with van der Waals surface area (Å²) in [5.74, 6) is 0. The summed E-state index contributed by atoms with van der Waals surface area (Å²) in [7, 11) is 2.19. The number of nitrogens with zero attached hydrogens (tertiary/aromatic N) is 2. The van der Waals surface area contributed by atoms with Crippen molar-refractivity contribution in [1.29, 1.82) is 0 Å². The molecule has 0 bridgehead atoms. The van der Waals surface area contributed by atoms with Crippen LogP contribution in [0.25, 0.3) is 6.08 Å². The van der Waals surface area contributed by atoms with Crippen molar-refractivity contribution in [3.8, 4) is 0 Å². The highest BCUT2D eigenvalue weighted by atomic mass is 32.2. The van der Waals surface area contributed by atoms with Crippen LogP contribution >= 0.6 is 11.8 Å². The normalized spacial score (nSPS) is 22.4. The fourth-order valence-corrected chi connectivity index (χ4v) is 3.89. The zero-order valence-electron chi connectivity index (χ0n) is 13.0. The SMILES string of the molecule is CS/C(=C\C1C=Cc2ccccc2N1C)N1CCCCC1. The van der Waals surface area contributed by atoms with Crippen LogP contribution in [0.1, 0.15) is 24.8 Å². The summed E-state index contributed by atoms with van der Waals surface area (Å²) in [5.41, 5.74) is 2.63. The molecule has 112 valence electrons. The number of rotatable bonds is 3. The van der Waals surface area contributed by atoms with Crippen LogP contribution in [0.4, 0.5) is 5.69 Å². The van der Waals surface area contributed by atoms with E-state index < -0.39 is 0 Å². The van der Waals surface area contributed by atoms with Crippen molar-refractivity contribution in [2.45, 2.75) is 25.3 Å². The molecule has 2 aliphatic rings. The third-order valence-electron chi connectivity index (χ3n) is 4.43.